The molecule has 5 heterocycles. The molecule has 0 amide bonds. The zero-order valence-electron chi connectivity index (χ0n) is 59.4. The Morgan fingerprint density at radius 3 is 0.968 bits per heavy atom. The number of rotatable bonds is 46. The Morgan fingerprint density at radius 2 is 0.568 bits per heavy atom. The molecule has 0 saturated heterocycles. The molecule has 2 N–H and O–H groups in total. The summed E-state index contributed by atoms with van der Waals surface area (Å²) in [6, 6.07) is 34.0. The lowest BCUT2D eigenvalue weighted by Gasteiger charge is -2.24. The standard InChI is InChI=1S/C86H118N8O/c1-5-9-13-17-21-25-29-33-37-41-52-65-64-77(68(55-44-40-36-32-28-24-20-16-12-8-4)67(54-43-39-35-31-27-23-19-15-11-7-3)66(65)53-42-38-34-30-26-22-18-14-10-6-2)95-76-63-51-62-75-78(76)86-93-84-74-61-50-49-60-73(74)82(91-84)89-80-70-57-46-45-56-69(70)79(87-80)88-81-71-58-47-48-59-72(71)83(90-81)92-85(75)94-86/h45-51,56-64H,5-44,52-55H2,1-4H3,(H2,87,88,89,90,91,92,93,94). The third-order valence-corrected chi connectivity index (χ3v) is 20.6. The summed E-state index contributed by atoms with van der Waals surface area (Å²) in [5, 5.41) is 3.72. The minimum atomic E-state index is 0.589. The summed E-state index contributed by atoms with van der Waals surface area (Å²) < 4.78 is 7.84. The number of aromatic amines is 2. The summed E-state index contributed by atoms with van der Waals surface area (Å²) in [5.74, 6) is 4.20. The first-order valence-electron chi connectivity index (χ1n) is 39.1. The first-order valence-corrected chi connectivity index (χ1v) is 39.1. The van der Waals surface area contributed by atoms with Crippen molar-refractivity contribution in [2.75, 3.05) is 0 Å². The molecule has 2 aliphatic rings. The predicted octanol–water partition coefficient (Wildman–Crippen LogP) is 26.5. The molecule has 0 fully saturated rings. The van der Waals surface area contributed by atoms with Crippen LogP contribution in [0.4, 0.5) is 0 Å². The van der Waals surface area contributed by atoms with E-state index < -0.39 is 0 Å². The Morgan fingerprint density at radius 1 is 0.263 bits per heavy atom. The lowest BCUT2D eigenvalue weighted by molar-refractivity contribution is 0.475. The van der Waals surface area contributed by atoms with Gasteiger partial charge in [-0.3, -0.25) is 0 Å². The average molecular weight is 1280 g/mol. The highest BCUT2D eigenvalue weighted by molar-refractivity contribution is 6.09. The van der Waals surface area contributed by atoms with Crippen molar-refractivity contribution in [3.63, 3.8) is 0 Å². The van der Waals surface area contributed by atoms with Crippen LogP contribution in [0.1, 0.15) is 307 Å². The number of benzene rings is 5. The van der Waals surface area contributed by atoms with E-state index in [1.165, 1.54) is 274 Å². The van der Waals surface area contributed by atoms with E-state index in [0.717, 1.165) is 74.6 Å². The number of fused-ring (bicyclic) bond motifs is 20. The van der Waals surface area contributed by atoms with Gasteiger partial charge < -0.3 is 14.7 Å². The summed E-state index contributed by atoms with van der Waals surface area (Å²) in [5.41, 5.74) is 12.7. The molecule has 10 rings (SSSR count). The number of hydrogen-bond donors (Lipinski definition) is 2. The third kappa shape index (κ3) is 20.4. The molecule has 9 heteroatoms. The fraction of sp³-hybridized carbons (Fsp3) is 0.558. The molecule has 8 aromatic rings. The highest BCUT2D eigenvalue weighted by atomic mass is 16.5. The van der Waals surface area contributed by atoms with Crippen LogP contribution < -0.4 is 4.74 Å². The van der Waals surface area contributed by atoms with E-state index in [9.17, 15) is 0 Å². The molecular formula is C86H118N8O. The molecule has 508 valence electrons. The first kappa shape index (κ1) is 71.0. The van der Waals surface area contributed by atoms with Crippen molar-refractivity contribution in [3.8, 4) is 57.1 Å². The zero-order valence-corrected chi connectivity index (χ0v) is 59.4. The summed E-state index contributed by atoms with van der Waals surface area (Å²) >= 11 is 0. The molecule has 0 unspecified atom stereocenters. The number of H-pyrrole nitrogens is 2. The maximum Gasteiger partial charge on any atom is 0.164 e. The number of nitrogens with one attached hydrogen (secondary N) is 2. The lowest BCUT2D eigenvalue weighted by Crippen LogP contribution is -2.09. The Bertz CT molecular complexity index is 3770. The van der Waals surface area contributed by atoms with Gasteiger partial charge in [-0.15, -0.1) is 0 Å². The number of ether oxygens (including phenoxy) is 1. The van der Waals surface area contributed by atoms with Crippen LogP contribution in [0.3, 0.4) is 0 Å². The van der Waals surface area contributed by atoms with Crippen molar-refractivity contribution in [1.82, 2.24) is 39.9 Å². The molecule has 0 aliphatic carbocycles. The Labute approximate surface area is 572 Å². The smallest absolute Gasteiger partial charge is 0.164 e. The van der Waals surface area contributed by atoms with Crippen molar-refractivity contribution < 1.29 is 4.74 Å². The summed E-state index contributed by atoms with van der Waals surface area (Å²) in [6.45, 7) is 9.30. The van der Waals surface area contributed by atoms with Crippen LogP contribution in [0.15, 0.2) is 97.1 Å². The van der Waals surface area contributed by atoms with Gasteiger partial charge in [-0.05, 0) is 85.8 Å². The van der Waals surface area contributed by atoms with Crippen LogP contribution in [0, 0.1) is 0 Å². The molecule has 0 radical (unpaired) electrons. The molecule has 8 bridgehead atoms. The fourth-order valence-corrected chi connectivity index (χ4v) is 15.1. The van der Waals surface area contributed by atoms with Crippen LogP contribution >= 0.6 is 0 Å². The number of unbranched alkanes of at least 4 members (excludes halogenated alkanes) is 36. The fourth-order valence-electron chi connectivity index (χ4n) is 15.1. The molecule has 9 nitrogen and oxygen atoms in total. The minimum Gasteiger partial charge on any atom is -0.456 e. The van der Waals surface area contributed by atoms with E-state index in [0.29, 0.717) is 45.9 Å². The summed E-state index contributed by atoms with van der Waals surface area (Å²) in [4.78, 5) is 39.5. The van der Waals surface area contributed by atoms with E-state index in [2.05, 4.69) is 123 Å². The van der Waals surface area contributed by atoms with E-state index in [4.69, 9.17) is 34.6 Å². The molecule has 95 heavy (non-hydrogen) atoms. The van der Waals surface area contributed by atoms with Gasteiger partial charge in [0.1, 0.15) is 34.1 Å². The Balaban J connectivity index is 1.08. The molecule has 0 spiro atoms. The molecule has 0 atom stereocenters. The van der Waals surface area contributed by atoms with E-state index in [1.54, 1.807) is 11.1 Å². The van der Waals surface area contributed by atoms with Crippen LogP contribution in [0.25, 0.3) is 89.7 Å². The van der Waals surface area contributed by atoms with Crippen molar-refractivity contribution in [2.45, 2.75) is 310 Å². The third-order valence-electron chi connectivity index (χ3n) is 20.6. The number of aromatic nitrogens is 8. The van der Waals surface area contributed by atoms with Gasteiger partial charge in [0, 0.05) is 38.4 Å². The number of hydrogen-bond acceptors (Lipinski definition) is 7. The lowest BCUT2D eigenvalue weighted by atomic mass is 9.84. The Kier molecular flexibility index (Phi) is 29.5. The monoisotopic (exact) mass is 1280 g/mol. The molecular weight excluding hydrogens is 1160 g/mol. The summed E-state index contributed by atoms with van der Waals surface area (Å²) in [6.07, 6.45) is 57.9. The van der Waals surface area contributed by atoms with Crippen molar-refractivity contribution in [3.05, 3.63) is 119 Å². The topological polar surface area (TPSA) is 118 Å². The van der Waals surface area contributed by atoms with Gasteiger partial charge in [0.05, 0.1) is 5.39 Å². The average Bonchev–Trinajstić information content (AvgIpc) is 1.53. The second-order valence-electron chi connectivity index (χ2n) is 28.2. The van der Waals surface area contributed by atoms with E-state index >= 15 is 0 Å². The van der Waals surface area contributed by atoms with Crippen molar-refractivity contribution >= 4 is 44.1 Å². The van der Waals surface area contributed by atoms with Crippen molar-refractivity contribution in [2.24, 2.45) is 0 Å². The molecule has 2 aliphatic heterocycles. The SMILES string of the molecule is CCCCCCCCCCCCc1cc(Oc2cccc3c4nc5nc(nc6[nH]c(nc7nc(nc([nH]4)c23)-c2ccccc2-7)c2ccccc62)-c2ccccc2-5)c(CCCCCCCCCCCC)c(CCCCCCCCCCCC)c1CCCCCCCCCCCC. The van der Waals surface area contributed by atoms with Crippen LogP contribution in [-0.4, -0.2) is 39.9 Å². The van der Waals surface area contributed by atoms with Crippen molar-refractivity contribution in [1.29, 1.82) is 0 Å². The first-order chi connectivity index (χ1) is 47.1. The number of nitrogens with zero attached hydrogens (tertiary/aromatic N) is 6. The van der Waals surface area contributed by atoms with Gasteiger partial charge in [-0.2, -0.15) is 0 Å². The Hall–Kier alpha value is -6.74. The summed E-state index contributed by atoms with van der Waals surface area (Å²) in [7, 11) is 0. The van der Waals surface area contributed by atoms with Crippen LogP contribution in [-0.2, 0) is 25.7 Å². The molecule has 5 aromatic carbocycles. The van der Waals surface area contributed by atoms with Crippen LogP contribution in [0.5, 0.6) is 11.5 Å². The second-order valence-corrected chi connectivity index (χ2v) is 28.2. The maximum absolute atomic E-state index is 7.84. The second kappa shape index (κ2) is 39.5. The van der Waals surface area contributed by atoms with Gasteiger partial charge in [0.25, 0.3) is 0 Å². The molecule has 3 aromatic heterocycles. The predicted molar refractivity (Wildman–Crippen MR) is 405 cm³/mol. The van der Waals surface area contributed by atoms with E-state index in [1.807, 2.05) is 12.1 Å². The highest BCUT2D eigenvalue weighted by Crippen LogP contribution is 2.43. The quantitative estimate of drug-likeness (QED) is 0.0365. The largest absolute Gasteiger partial charge is 0.456 e. The van der Waals surface area contributed by atoms with Gasteiger partial charge in [0.2, 0.25) is 0 Å². The van der Waals surface area contributed by atoms with Crippen LogP contribution in [0.2, 0.25) is 0 Å². The zero-order chi connectivity index (χ0) is 65.5. The molecule has 0 saturated carbocycles. The minimum absolute atomic E-state index is 0.589. The number of aryl methyl sites for hydroxylation is 1. The highest BCUT2D eigenvalue weighted by Gasteiger charge is 2.25. The van der Waals surface area contributed by atoms with E-state index in [-0.39, 0.29) is 0 Å². The van der Waals surface area contributed by atoms with Gasteiger partial charge in [-0.25, -0.2) is 29.9 Å². The normalized spacial score (nSPS) is 12.0. The van der Waals surface area contributed by atoms with Gasteiger partial charge in [0.15, 0.2) is 23.3 Å². The van der Waals surface area contributed by atoms with Gasteiger partial charge in [-0.1, -0.05) is 344 Å². The van der Waals surface area contributed by atoms with Gasteiger partial charge >= 0.3 is 0 Å². The maximum atomic E-state index is 7.84.